The Labute approximate surface area is 203 Å². The van der Waals surface area contributed by atoms with Gasteiger partial charge in [-0.25, -0.2) is 8.42 Å². The summed E-state index contributed by atoms with van der Waals surface area (Å²) in [5, 5.41) is 10.1. The quantitative estimate of drug-likeness (QED) is 0.520. The number of sulfonamides is 1. The number of primary amides is 1. The van der Waals surface area contributed by atoms with Crippen molar-refractivity contribution >= 4 is 32.3 Å². The minimum atomic E-state index is -3.88. The molecule has 1 amide bonds. The summed E-state index contributed by atoms with van der Waals surface area (Å²) in [4.78, 5) is 14.5. The van der Waals surface area contributed by atoms with Crippen LogP contribution < -0.4 is 10.5 Å². The van der Waals surface area contributed by atoms with Gasteiger partial charge in [0, 0.05) is 24.5 Å². The van der Waals surface area contributed by atoms with Crippen molar-refractivity contribution in [2.24, 2.45) is 5.73 Å². The second-order valence-electron chi connectivity index (χ2n) is 8.53. The van der Waals surface area contributed by atoms with Crippen molar-refractivity contribution in [3.63, 3.8) is 0 Å². The number of hydrogen-bond acceptors (Lipinski definition) is 6. The largest absolute Gasteiger partial charge is 0.369 e. The van der Waals surface area contributed by atoms with E-state index in [-0.39, 0.29) is 11.3 Å². The van der Waals surface area contributed by atoms with Crippen LogP contribution in [0.5, 0.6) is 0 Å². The smallest absolute Gasteiger partial charge is 0.262 e. The highest BCUT2D eigenvalue weighted by Crippen LogP contribution is 2.38. The van der Waals surface area contributed by atoms with Crippen molar-refractivity contribution in [3.05, 3.63) is 80.7 Å². The lowest BCUT2D eigenvalue weighted by Gasteiger charge is -2.27. The van der Waals surface area contributed by atoms with Crippen LogP contribution in [0.1, 0.15) is 38.3 Å². The Balaban J connectivity index is 1.54. The van der Waals surface area contributed by atoms with Crippen LogP contribution in [-0.4, -0.2) is 25.8 Å². The number of rotatable bonds is 7. The fraction of sp³-hybridized carbons (Fsp3) is 0.280. The van der Waals surface area contributed by atoms with Gasteiger partial charge in [-0.1, -0.05) is 30.3 Å². The molecule has 7 nitrogen and oxygen atoms in total. The first-order valence-electron chi connectivity index (χ1n) is 10.9. The van der Waals surface area contributed by atoms with Crippen LogP contribution in [0, 0.1) is 25.2 Å². The number of thiophene rings is 1. The average molecular weight is 495 g/mol. The summed E-state index contributed by atoms with van der Waals surface area (Å²) in [6, 6.07) is 14.5. The van der Waals surface area contributed by atoms with Gasteiger partial charge in [-0.3, -0.25) is 14.4 Å². The third kappa shape index (κ3) is 4.99. The first kappa shape index (κ1) is 24.0. The lowest BCUT2D eigenvalue weighted by molar-refractivity contribution is -0.117. The van der Waals surface area contributed by atoms with E-state index in [4.69, 9.17) is 5.73 Å². The van der Waals surface area contributed by atoms with Gasteiger partial charge in [-0.15, -0.1) is 11.3 Å². The minimum Gasteiger partial charge on any atom is -0.369 e. The maximum absolute atomic E-state index is 13.0. The van der Waals surface area contributed by atoms with Crippen molar-refractivity contribution in [2.45, 2.75) is 44.7 Å². The van der Waals surface area contributed by atoms with Gasteiger partial charge in [0.1, 0.15) is 11.1 Å². The number of nitriles is 1. The van der Waals surface area contributed by atoms with E-state index in [2.05, 4.69) is 47.7 Å². The number of benzene rings is 2. The highest BCUT2D eigenvalue weighted by atomic mass is 32.2. The standard InChI is InChI=1S/C25H26N4O3S2/c1-16-4-3-5-19(17(16)2)14-29-11-10-21-22(13-26)25(33-23(21)15-29)28-34(31,32)20-8-6-18(7-9-20)12-24(27)30/h3-9,28H,10-12,14-15H2,1-2H3,(H2,27,30). The predicted molar refractivity (Wildman–Crippen MR) is 133 cm³/mol. The van der Waals surface area contributed by atoms with Gasteiger partial charge in [-0.05, 0) is 60.2 Å². The second-order valence-corrected chi connectivity index (χ2v) is 11.3. The van der Waals surface area contributed by atoms with Crippen LogP contribution in [0.2, 0.25) is 0 Å². The van der Waals surface area contributed by atoms with Crippen LogP contribution in [0.25, 0.3) is 0 Å². The topological polar surface area (TPSA) is 116 Å². The summed E-state index contributed by atoms with van der Waals surface area (Å²) in [6.45, 7) is 6.53. The third-order valence-electron chi connectivity index (χ3n) is 6.20. The summed E-state index contributed by atoms with van der Waals surface area (Å²) in [7, 11) is -3.88. The number of anilines is 1. The molecular formula is C25H26N4O3S2. The Bertz CT molecular complexity index is 1390. The number of nitrogens with two attached hydrogens (primary N) is 1. The Morgan fingerprint density at radius 3 is 2.62 bits per heavy atom. The van der Waals surface area contributed by atoms with Gasteiger partial charge < -0.3 is 5.73 Å². The van der Waals surface area contributed by atoms with Crippen molar-refractivity contribution in [1.29, 1.82) is 5.26 Å². The molecule has 2 heterocycles. The molecule has 0 fully saturated rings. The molecule has 34 heavy (non-hydrogen) atoms. The summed E-state index contributed by atoms with van der Waals surface area (Å²) in [5.74, 6) is -0.483. The summed E-state index contributed by atoms with van der Waals surface area (Å²) in [5.41, 5.74) is 11.0. The van der Waals surface area contributed by atoms with Crippen LogP contribution in [0.3, 0.4) is 0 Å². The van der Waals surface area contributed by atoms with E-state index in [1.54, 1.807) is 12.1 Å². The van der Waals surface area contributed by atoms with Crippen LogP contribution in [0.4, 0.5) is 5.00 Å². The molecule has 1 aliphatic rings. The van der Waals surface area contributed by atoms with E-state index < -0.39 is 15.9 Å². The number of nitrogens with one attached hydrogen (secondary N) is 1. The molecule has 0 spiro atoms. The summed E-state index contributed by atoms with van der Waals surface area (Å²) in [6.07, 6.45) is 0.742. The van der Waals surface area contributed by atoms with Crippen molar-refractivity contribution in [1.82, 2.24) is 4.90 Å². The number of amides is 1. The van der Waals surface area contributed by atoms with Crippen molar-refractivity contribution < 1.29 is 13.2 Å². The highest BCUT2D eigenvalue weighted by Gasteiger charge is 2.27. The Kier molecular flexibility index (Phi) is 6.75. The maximum Gasteiger partial charge on any atom is 0.262 e. The molecule has 4 rings (SSSR count). The van der Waals surface area contributed by atoms with E-state index in [0.29, 0.717) is 29.1 Å². The van der Waals surface area contributed by atoms with Gasteiger partial charge in [-0.2, -0.15) is 5.26 Å². The summed E-state index contributed by atoms with van der Waals surface area (Å²) >= 11 is 1.33. The lowest BCUT2D eigenvalue weighted by Crippen LogP contribution is -2.29. The molecule has 0 bridgehead atoms. The molecule has 3 aromatic rings. The monoisotopic (exact) mass is 494 g/mol. The Hall–Kier alpha value is -3.19. The molecule has 9 heteroatoms. The fourth-order valence-electron chi connectivity index (χ4n) is 4.17. The number of aryl methyl sites for hydroxylation is 1. The third-order valence-corrected chi connectivity index (χ3v) is 8.82. The molecule has 0 saturated carbocycles. The van der Waals surface area contributed by atoms with Crippen molar-refractivity contribution in [2.75, 3.05) is 11.3 Å². The number of fused-ring (bicyclic) bond motifs is 1. The maximum atomic E-state index is 13.0. The Morgan fingerprint density at radius 2 is 1.94 bits per heavy atom. The highest BCUT2D eigenvalue weighted by molar-refractivity contribution is 7.93. The van der Waals surface area contributed by atoms with Gasteiger partial charge in [0.25, 0.3) is 10.0 Å². The predicted octanol–water partition coefficient (Wildman–Crippen LogP) is 3.62. The molecule has 0 unspecified atom stereocenters. The lowest BCUT2D eigenvalue weighted by atomic mass is 10.0. The molecule has 1 aromatic heterocycles. The molecule has 0 radical (unpaired) electrons. The average Bonchev–Trinajstić information content (AvgIpc) is 3.12. The van der Waals surface area contributed by atoms with Gasteiger partial charge in [0.05, 0.1) is 16.9 Å². The molecule has 0 aliphatic carbocycles. The van der Waals surface area contributed by atoms with E-state index in [9.17, 15) is 18.5 Å². The number of carbonyl (C=O) groups is 1. The van der Waals surface area contributed by atoms with Gasteiger partial charge in [0.2, 0.25) is 5.91 Å². The first-order chi connectivity index (χ1) is 16.2. The number of nitrogens with zero attached hydrogens (tertiary/aromatic N) is 2. The van der Waals surface area contributed by atoms with Crippen LogP contribution in [0.15, 0.2) is 47.4 Å². The SMILES string of the molecule is Cc1cccc(CN2CCc3c(sc(NS(=O)(=O)c4ccc(CC(N)=O)cc4)c3C#N)C2)c1C. The minimum absolute atomic E-state index is 0.0442. The molecular weight excluding hydrogens is 468 g/mol. The van der Waals surface area contributed by atoms with Crippen molar-refractivity contribution in [3.8, 4) is 6.07 Å². The van der Waals surface area contributed by atoms with E-state index in [1.807, 2.05) is 0 Å². The molecule has 1 aliphatic heterocycles. The number of hydrogen-bond donors (Lipinski definition) is 2. The summed E-state index contributed by atoms with van der Waals surface area (Å²) < 4.78 is 28.6. The zero-order chi connectivity index (χ0) is 24.5. The molecule has 0 saturated heterocycles. The first-order valence-corrected chi connectivity index (χ1v) is 13.2. The zero-order valence-corrected chi connectivity index (χ0v) is 20.7. The zero-order valence-electron chi connectivity index (χ0n) is 19.1. The normalized spacial score (nSPS) is 13.8. The van der Waals surface area contributed by atoms with Crippen LogP contribution >= 0.6 is 11.3 Å². The molecule has 0 atom stereocenters. The molecule has 3 N–H and O–H groups in total. The second kappa shape index (κ2) is 9.58. The van der Waals surface area contributed by atoms with Crippen LogP contribution in [-0.2, 0) is 40.7 Å². The van der Waals surface area contributed by atoms with E-state index in [0.717, 1.165) is 23.5 Å². The van der Waals surface area contributed by atoms with E-state index in [1.165, 1.54) is 40.2 Å². The van der Waals surface area contributed by atoms with Gasteiger partial charge >= 0.3 is 0 Å². The number of carbonyl (C=O) groups excluding carboxylic acids is 1. The van der Waals surface area contributed by atoms with E-state index >= 15 is 0 Å². The Morgan fingerprint density at radius 1 is 1.21 bits per heavy atom. The molecule has 2 aromatic carbocycles. The van der Waals surface area contributed by atoms with Gasteiger partial charge in [0.15, 0.2) is 0 Å². The fourth-order valence-corrected chi connectivity index (χ4v) is 6.72. The molecule has 176 valence electrons.